The number of aromatic nitrogens is 3. The van der Waals surface area contributed by atoms with Crippen molar-refractivity contribution in [3.8, 4) is 5.69 Å². The van der Waals surface area contributed by atoms with Crippen LogP contribution in [0.1, 0.15) is 33.1 Å². The maximum atomic E-state index is 12.9. The van der Waals surface area contributed by atoms with Gasteiger partial charge in [0.1, 0.15) is 11.6 Å². The Morgan fingerprint density at radius 3 is 2.58 bits per heavy atom. The van der Waals surface area contributed by atoms with Crippen LogP contribution in [0.5, 0.6) is 0 Å². The van der Waals surface area contributed by atoms with Gasteiger partial charge in [-0.15, -0.1) is 10.2 Å². The molecule has 0 aliphatic rings. The van der Waals surface area contributed by atoms with Crippen LogP contribution < -0.4 is 5.32 Å². The Hall–Kier alpha value is -3.81. The number of carbonyl (C=O) groups excluding carboxylic acids is 1. The molecule has 3 aromatic carbocycles. The van der Waals surface area contributed by atoms with E-state index in [9.17, 15) is 4.79 Å². The summed E-state index contributed by atoms with van der Waals surface area (Å²) in [7, 11) is 0. The van der Waals surface area contributed by atoms with Crippen molar-refractivity contribution in [2.45, 2.75) is 23.9 Å². The number of hydrogen-bond acceptors (Lipinski definition) is 5. The molecule has 5 rings (SSSR count). The lowest BCUT2D eigenvalue weighted by Crippen LogP contribution is -2.23. The maximum Gasteiger partial charge on any atom is 0.251 e. The number of hydrogen-bond donors (Lipinski definition) is 1. The number of furan rings is 1. The fraction of sp³-hybridized carbons (Fsp3) is 0.107. The van der Waals surface area contributed by atoms with Crippen LogP contribution in [-0.2, 0) is 18.7 Å². The van der Waals surface area contributed by atoms with Gasteiger partial charge in [0.2, 0.25) is 0 Å². The Morgan fingerprint density at radius 2 is 1.78 bits per heavy atom. The van der Waals surface area contributed by atoms with Gasteiger partial charge >= 0.3 is 0 Å². The summed E-state index contributed by atoms with van der Waals surface area (Å²) in [5.74, 6) is 1.92. The highest BCUT2D eigenvalue weighted by Crippen LogP contribution is 2.28. The SMILES string of the molecule is O=C(NCc1ccco1)c1ccccc1CSc1nnc(Cc2ccccc2)n1-c1cccc(Cl)c1. The second-order valence-electron chi connectivity index (χ2n) is 8.08. The molecule has 0 atom stereocenters. The van der Waals surface area contributed by atoms with Gasteiger partial charge in [-0.05, 0) is 47.5 Å². The molecule has 0 saturated heterocycles. The third-order valence-corrected chi connectivity index (χ3v) is 6.81. The van der Waals surface area contributed by atoms with E-state index in [1.54, 1.807) is 12.3 Å². The van der Waals surface area contributed by atoms with E-state index in [2.05, 4.69) is 27.6 Å². The van der Waals surface area contributed by atoms with Crippen LogP contribution in [-0.4, -0.2) is 20.7 Å². The number of carbonyl (C=O) groups is 1. The molecule has 0 spiro atoms. The first kappa shape index (κ1) is 23.9. The molecule has 5 aromatic rings. The van der Waals surface area contributed by atoms with Crippen molar-refractivity contribution in [2.24, 2.45) is 0 Å². The predicted octanol–water partition coefficient (Wildman–Crippen LogP) is 6.33. The molecule has 0 aliphatic heterocycles. The second kappa shape index (κ2) is 11.3. The van der Waals surface area contributed by atoms with E-state index in [4.69, 9.17) is 16.0 Å². The quantitative estimate of drug-likeness (QED) is 0.233. The fourth-order valence-electron chi connectivity index (χ4n) is 3.85. The molecule has 0 bridgehead atoms. The van der Waals surface area contributed by atoms with Crippen LogP contribution in [0, 0.1) is 0 Å². The van der Waals surface area contributed by atoms with E-state index >= 15 is 0 Å². The summed E-state index contributed by atoms with van der Waals surface area (Å²) in [6, 6.07) is 29.0. The fourth-order valence-corrected chi connectivity index (χ4v) is 5.01. The zero-order valence-corrected chi connectivity index (χ0v) is 20.9. The monoisotopic (exact) mass is 514 g/mol. The van der Waals surface area contributed by atoms with Crippen LogP contribution >= 0.6 is 23.4 Å². The van der Waals surface area contributed by atoms with E-state index in [1.165, 1.54) is 11.8 Å². The molecule has 0 aliphatic carbocycles. The van der Waals surface area contributed by atoms with Crippen molar-refractivity contribution >= 4 is 29.3 Å². The van der Waals surface area contributed by atoms with Crippen molar-refractivity contribution in [3.05, 3.63) is 131 Å². The van der Waals surface area contributed by atoms with Crippen molar-refractivity contribution in [1.29, 1.82) is 0 Å². The summed E-state index contributed by atoms with van der Waals surface area (Å²) in [5, 5.41) is 13.3. The van der Waals surface area contributed by atoms with E-state index in [-0.39, 0.29) is 5.91 Å². The molecule has 2 aromatic heterocycles. The molecular weight excluding hydrogens is 492 g/mol. The minimum Gasteiger partial charge on any atom is -0.467 e. The van der Waals surface area contributed by atoms with Crippen molar-refractivity contribution in [2.75, 3.05) is 0 Å². The molecule has 0 radical (unpaired) electrons. The van der Waals surface area contributed by atoms with E-state index in [0.717, 1.165) is 27.8 Å². The average molecular weight is 515 g/mol. The zero-order chi connectivity index (χ0) is 24.7. The topological polar surface area (TPSA) is 73.0 Å². The van der Waals surface area contributed by atoms with Gasteiger partial charge in [-0.25, -0.2) is 0 Å². The molecular formula is C28H23ClN4O2S. The molecule has 0 fully saturated rings. The summed E-state index contributed by atoms with van der Waals surface area (Å²) in [5.41, 5.74) is 3.56. The highest BCUT2D eigenvalue weighted by molar-refractivity contribution is 7.98. The highest BCUT2D eigenvalue weighted by atomic mass is 35.5. The van der Waals surface area contributed by atoms with Crippen LogP contribution in [0.2, 0.25) is 5.02 Å². The Bertz CT molecular complexity index is 1450. The van der Waals surface area contributed by atoms with Crippen LogP contribution in [0.25, 0.3) is 5.69 Å². The first-order valence-corrected chi connectivity index (χ1v) is 12.8. The summed E-state index contributed by atoms with van der Waals surface area (Å²) < 4.78 is 7.35. The van der Waals surface area contributed by atoms with Crippen molar-refractivity contribution in [3.63, 3.8) is 0 Å². The smallest absolute Gasteiger partial charge is 0.251 e. The van der Waals surface area contributed by atoms with Crippen LogP contribution in [0.4, 0.5) is 0 Å². The summed E-state index contributed by atoms with van der Waals surface area (Å²) in [4.78, 5) is 12.9. The number of halogens is 1. The predicted molar refractivity (Wildman–Crippen MR) is 141 cm³/mol. The largest absolute Gasteiger partial charge is 0.467 e. The Kier molecular flexibility index (Phi) is 7.50. The van der Waals surface area contributed by atoms with E-state index < -0.39 is 0 Å². The van der Waals surface area contributed by atoms with Gasteiger partial charge in [0.05, 0.1) is 18.5 Å². The Morgan fingerprint density at radius 1 is 0.944 bits per heavy atom. The molecule has 0 saturated carbocycles. The van der Waals surface area contributed by atoms with Gasteiger partial charge in [0, 0.05) is 22.8 Å². The van der Waals surface area contributed by atoms with Gasteiger partial charge < -0.3 is 9.73 Å². The van der Waals surface area contributed by atoms with Gasteiger partial charge in [-0.3, -0.25) is 9.36 Å². The minimum atomic E-state index is -0.149. The number of rotatable bonds is 9. The lowest BCUT2D eigenvalue weighted by Gasteiger charge is -2.12. The lowest BCUT2D eigenvalue weighted by molar-refractivity contribution is 0.0947. The number of nitrogens with zero attached hydrogens (tertiary/aromatic N) is 3. The van der Waals surface area contributed by atoms with E-state index in [1.807, 2.05) is 77.4 Å². The number of amides is 1. The Balaban J connectivity index is 1.39. The average Bonchev–Trinajstić information content (AvgIpc) is 3.57. The van der Waals surface area contributed by atoms with Gasteiger partial charge in [-0.2, -0.15) is 0 Å². The standard InChI is InChI=1S/C28H23ClN4O2S/c29-22-11-6-12-23(17-22)33-26(16-20-8-2-1-3-9-20)31-32-28(33)36-19-21-10-4-5-14-25(21)27(34)30-18-24-13-7-15-35-24/h1-15,17H,16,18-19H2,(H,30,34). The molecule has 2 heterocycles. The van der Waals surface area contributed by atoms with Crippen LogP contribution in [0.15, 0.2) is 107 Å². The number of thioether (sulfide) groups is 1. The van der Waals surface area contributed by atoms with Crippen molar-refractivity contribution < 1.29 is 9.21 Å². The lowest BCUT2D eigenvalue weighted by atomic mass is 10.1. The van der Waals surface area contributed by atoms with Gasteiger partial charge in [-0.1, -0.05) is 78.0 Å². The zero-order valence-electron chi connectivity index (χ0n) is 19.3. The van der Waals surface area contributed by atoms with Gasteiger partial charge in [0.25, 0.3) is 5.91 Å². The summed E-state index contributed by atoms with van der Waals surface area (Å²) >= 11 is 7.84. The second-order valence-corrected chi connectivity index (χ2v) is 9.46. The highest BCUT2D eigenvalue weighted by Gasteiger charge is 2.17. The molecule has 180 valence electrons. The van der Waals surface area contributed by atoms with Crippen molar-refractivity contribution in [1.82, 2.24) is 20.1 Å². The molecule has 1 N–H and O–H groups in total. The molecule has 0 unspecified atom stereocenters. The molecule has 1 amide bonds. The van der Waals surface area contributed by atoms with E-state index in [0.29, 0.717) is 35.1 Å². The Labute approximate surface area is 218 Å². The number of benzene rings is 3. The molecule has 8 heteroatoms. The number of nitrogens with one attached hydrogen (secondary N) is 1. The normalized spacial score (nSPS) is 10.9. The summed E-state index contributed by atoms with van der Waals surface area (Å²) in [6.45, 7) is 0.333. The molecule has 6 nitrogen and oxygen atoms in total. The third-order valence-electron chi connectivity index (χ3n) is 5.59. The van der Waals surface area contributed by atoms with Crippen LogP contribution in [0.3, 0.4) is 0 Å². The minimum absolute atomic E-state index is 0.149. The summed E-state index contributed by atoms with van der Waals surface area (Å²) in [6.07, 6.45) is 2.22. The first-order chi connectivity index (χ1) is 17.7. The third kappa shape index (κ3) is 5.70. The molecule has 36 heavy (non-hydrogen) atoms. The first-order valence-electron chi connectivity index (χ1n) is 11.4. The van der Waals surface area contributed by atoms with Gasteiger partial charge in [0.15, 0.2) is 5.16 Å². The maximum absolute atomic E-state index is 12.9.